The number of alkyl halides is 1. The summed E-state index contributed by atoms with van der Waals surface area (Å²) in [4.78, 5) is 15.3. The van der Waals surface area contributed by atoms with Gasteiger partial charge in [-0.1, -0.05) is 0 Å². The molecule has 1 aromatic heterocycles. The summed E-state index contributed by atoms with van der Waals surface area (Å²) in [6.45, 7) is 6.18. The van der Waals surface area contributed by atoms with Crippen LogP contribution in [0.1, 0.15) is 38.3 Å². The number of halogens is 1. The molecule has 6 heteroatoms. The van der Waals surface area contributed by atoms with Gasteiger partial charge in [0.25, 0.3) is 0 Å². The van der Waals surface area contributed by atoms with Crippen LogP contribution in [0.2, 0.25) is 0 Å². The van der Waals surface area contributed by atoms with Crippen LogP contribution in [0.15, 0.2) is 36.4 Å². The molecule has 1 heterocycles. The Labute approximate surface area is 163 Å². The molecule has 0 saturated carbocycles. The first-order chi connectivity index (χ1) is 12.3. The number of carbonyl (C=O) groups excluding carboxylic acids is 1. The first-order valence-corrected chi connectivity index (χ1v) is 11.7. The van der Waals surface area contributed by atoms with Crippen molar-refractivity contribution in [1.82, 2.24) is 15.0 Å². The number of benzene rings is 2. The number of nitrogens with zero attached hydrogens (tertiary/aromatic N) is 3. The van der Waals surface area contributed by atoms with Gasteiger partial charge in [0.05, 0.1) is 0 Å². The summed E-state index contributed by atoms with van der Waals surface area (Å²) in [6, 6.07) is 11.5. The molecule has 0 aliphatic carbocycles. The molecule has 3 rings (SSSR count). The van der Waals surface area contributed by atoms with E-state index in [2.05, 4.69) is 31.0 Å². The topological polar surface area (TPSA) is 68.0 Å². The monoisotopic (exact) mass is 464 g/mol. The fourth-order valence-electron chi connectivity index (χ4n) is 2.85. The van der Waals surface area contributed by atoms with E-state index in [9.17, 15) is 9.90 Å². The summed E-state index contributed by atoms with van der Waals surface area (Å²) in [5.41, 5.74) is 3.74. The van der Waals surface area contributed by atoms with Gasteiger partial charge in [0.1, 0.15) is 0 Å². The van der Waals surface area contributed by atoms with Crippen molar-refractivity contribution < 1.29 is 31.1 Å². The van der Waals surface area contributed by atoms with Crippen LogP contribution in [-0.2, 0) is 16.6 Å². The average molecular weight is 464 g/mol. The second-order valence-corrected chi connectivity index (χ2v) is 9.57. The number of aromatic hydroxyl groups is 1. The number of hydrogen-bond donors (Lipinski definition) is 1. The molecule has 0 spiro atoms. The van der Waals surface area contributed by atoms with Gasteiger partial charge in [-0.25, -0.2) is 0 Å². The molecule has 0 radical (unpaired) electrons. The van der Waals surface area contributed by atoms with Crippen molar-refractivity contribution in [1.29, 1.82) is 0 Å². The summed E-state index contributed by atoms with van der Waals surface area (Å²) in [7, 11) is 0. The summed E-state index contributed by atoms with van der Waals surface area (Å²) >= 11 is -0.376. The minimum absolute atomic E-state index is 0.191. The molecular formula is C20H23IN3O2-. The van der Waals surface area contributed by atoms with E-state index in [0.29, 0.717) is 22.3 Å². The molecule has 0 atom stereocenters. The second kappa shape index (κ2) is 7.34. The van der Waals surface area contributed by atoms with E-state index in [-0.39, 0.29) is 32.4 Å². The van der Waals surface area contributed by atoms with Crippen molar-refractivity contribution in [2.24, 2.45) is 0 Å². The van der Waals surface area contributed by atoms with Crippen molar-refractivity contribution >= 4 is 14.8 Å². The normalized spacial score (nSPS) is 12.0. The summed E-state index contributed by atoms with van der Waals surface area (Å²) in [5.74, 6) is 0.191. The van der Waals surface area contributed by atoms with E-state index in [1.165, 1.54) is 4.80 Å². The van der Waals surface area contributed by atoms with Crippen LogP contribution in [0, 0.1) is 0 Å². The van der Waals surface area contributed by atoms with Gasteiger partial charge in [-0.2, -0.15) is 0 Å². The number of hydrogen-bond acceptors (Lipinski definition) is 4. The maximum absolute atomic E-state index is 11.8. The predicted octanol–water partition coefficient (Wildman–Crippen LogP) is 0.602. The standard InChI is InChI=1S/C20H23IN3O2/c1-20(2,3)14-11-13(9-10-18(25)21-4)12-17(19(14)26)24-22-15-7-5-6-8-16(15)23-24/h5-8,11-12,26H,9-10H2,1-4H3/q-1. The van der Waals surface area contributed by atoms with E-state index < -0.39 is 0 Å². The number of phenols is 1. The summed E-state index contributed by atoms with van der Waals surface area (Å²) in [5, 5.41) is 19.9. The van der Waals surface area contributed by atoms with Crippen molar-refractivity contribution in [3.05, 3.63) is 47.5 Å². The first-order valence-electron chi connectivity index (χ1n) is 8.50. The van der Waals surface area contributed by atoms with Crippen LogP contribution >= 0.6 is 0 Å². The molecule has 138 valence electrons. The molecule has 0 amide bonds. The Kier molecular flexibility index (Phi) is 5.32. The average Bonchev–Trinajstić information content (AvgIpc) is 3.03. The van der Waals surface area contributed by atoms with Gasteiger partial charge in [0, 0.05) is 0 Å². The number of fused-ring (bicyclic) bond motifs is 1. The molecule has 0 aliphatic heterocycles. The molecule has 0 fully saturated rings. The van der Waals surface area contributed by atoms with E-state index >= 15 is 0 Å². The third kappa shape index (κ3) is 3.90. The Morgan fingerprint density at radius 3 is 2.31 bits per heavy atom. The Bertz CT molecular complexity index is 924. The molecular weight excluding hydrogens is 441 g/mol. The Morgan fingerprint density at radius 2 is 1.77 bits per heavy atom. The summed E-state index contributed by atoms with van der Waals surface area (Å²) in [6.07, 6.45) is 1.22. The third-order valence-electron chi connectivity index (χ3n) is 4.28. The third-order valence-corrected chi connectivity index (χ3v) is 6.02. The first kappa shape index (κ1) is 18.8. The van der Waals surface area contributed by atoms with Crippen LogP contribution in [0.5, 0.6) is 5.75 Å². The molecule has 26 heavy (non-hydrogen) atoms. The molecule has 3 aromatic rings. The second-order valence-electron chi connectivity index (χ2n) is 7.28. The molecule has 0 bridgehead atoms. The van der Waals surface area contributed by atoms with Crippen molar-refractivity contribution in [2.75, 3.05) is 4.93 Å². The van der Waals surface area contributed by atoms with Gasteiger partial charge in [0.2, 0.25) is 0 Å². The number of rotatable bonds is 5. The van der Waals surface area contributed by atoms with Crippen molar-refractivity contribution in [3.63, 3.8) is 0 Å². The number of phenolic OH excluding ortho intramolecular Hbond substituents is 1. The van der Waals surface area contributed by atoms with E-state index in [1.54, 1.807) is 0 Å². The molecule has 0 saturated heterocycles. The van der Waals surface area contributed by atoms with Crippen LogP contribution in [-0.4, -0.2) is 28.8 Å². The SMILES string of the molecule is C[I-]C(=O)CCc1cc(-n2nc3ccccc3n2)c(O)c(C(C)(C)C)c1. The van der Waals surface area contributed by atoms with Gasteiger partial charge < -0.3 is 0 Å². The Morgan fingerprint density at radius 1 is 1.15 bits per heavy atom. The zero-order valence-corrected chi connectivity index (χ0v) is 17.6. The zero-order chi connectivity index (χ0) is 18.9. The van der Waals surface area contributed by atoms with Crippen molar-refractivity contribution in [2.45, 2.75) is 39.0 Å². The fourth-order valence-corrected chi connectivity index (χ4v) is 3.66. The van der Waals surface area contributed by atoms with Crippen LogP contribution in [0.25, 0.3) is 16.7 Å². The predicted molar refractivity (Wildman–Crippen MR) is 98.5 cm³/mol. The van der Waals surface area contributed by atoms with E-state index in [1.807, 2.05) is 41.3 Å². The van der Waals surface area contributed by atoms with Crippen LogP contribution in [0.4, 0.5) is 0 Å². The quantitative estimate of drug-likeness (QED) is 0.341. The number of aryl methyl sites for hydroxylation is 1. The van der Waals surface area contributed by atoms with Gasteiger partial charge in [-0.3, -0.25) is 0 Å². The van der Waals surface area contributed by atoms with Gasteiger partial charge in [-0.15, -0.1) is 0 Å². The van der Waals surface area contributed by atoms with Crippen LogP contribution < -0.4 is 21.2 Å². The van der Waals surface area contributed by atoms with E-state index in [0.717, 1.165) is 22.2 Å². The van der Waals surface area contributed by atoms with Crippen molar-refractivity contribution in [3.8, 4) is 11.4 Å². The zero-order valence-electron chi connectivity index (χ0n) is 15.5. The van der Waals surface area contributed by atoms with E-state index in [4.69, 9.17) is 0 Å². The summed E-state index contributed by atoms with van der Waals surface area (Å²) < 4.78 is 0.346. The molecule has 1 N–H and O–H groups in total. The minimum atomic E-state index is -0.376. The van der Waals surface area contributed by atoms with Gasteiger partial charge in [-0.05, 0) is 0 Å². The molecule has 5 nitrogen and oxygen atoms in total. The van der Waals surface area contributed by atoms with Gasteiger partial charge in [0.15, 0.2) is 0 Å². The van der Waals surface area contributed by atoms with Crippen LogP contribution in [0.3, 0.4) is 0 Å². The Hall–Kier alpha value is -1.96. The maximum atomic E-state index is 11.8. The molecule has 0 unspecified atom stereocenters. The molecule has 2 aromatic carbocycles. The number of aromatic nitrogens is 3. The van der Waals surface area contributed by atoms with Gasteiger partial charge >= 0.3 is 164 Å². The number of carbonyl (C=O) groups is 1. The molecule has 0 aliphatic rings. The Balaban J connectivity index is 2.11. The fraction of sp³-hybridized carbons (Fsp3) is 0.350.